The Morgan fingerprint density at radius 2 is 1.66 bits per heavy atom. The van der Waals surface area contributed by atoms with E-state index in [2.05, 4.69) is 10.4 Å². The van der Waals surface area contributed by atoms with Crippen molar-refractivity contribution in [2.75, 3.05) is 7.11 Å². The fraction of sp³-hybridized carbons (Fsp3) is 0.261. The van der Waals surface area contributed by atoms with Gasteiger partial charge in [0.2, 0.25) is 0 Å². The largest absolute Gasteiger partial charge is 0.467 e. The topological polar surface area (TPSA) is 73.2 Å². The van der Waals surface area contributed by atoms with Crippen molar-refractivity contribution >= 4 is 46.7 Å². The molecule has 1 aromatic heterocycles. The number of hydrogen-bond acceptors (Lipinski definition) is 4. The minimum absolute atomic E-state index is 0.163. The highest BCUT2D eigenvalue weighted by Crippen LogP contribution is 2.33. The summed E-state index contributed by atoms with van der Waals surface area (Å²) in [7, 11) is 1.28. The van der Waals surface area contributed by atoms with Gasteiger partial charge >= 0.3 is 5.97 Å². The van der Waals surface area contributed by atoms with Crippen molar-refractivity contribution in [2.45, 2.75) is 26.8 Å². The Morgan fingerprint density at radius 1 is 1.03 bits per heavy atom. The van der Waals surface area contributed by atoms with Crippen LogP contribution in [0.15, 0.2) is 42.5 Å². The lowest BCUT2D eigenvalue weighted by Crippen LogP contribution is -2.45. The first kappa shape index (κ1) is 24.1. The Labute approximate surface area is 201 Å². The van der Waals surface area contributed by atoms with E-state index in [1.807, 2.05) is 26.0 Å². The number of nitrogens with one attached hydrogen (secondary N) is 1. The summed E-state index contributed by atoms with van der Waals surface area (Å²) in [6.45, 7) is 5.43. The van der Waals surface area contributed by atoms with E-state index >= 15 is 0 Å². The molecule has 3 aromatic rings. The van der Waals surface area contributed by atoms with Gasteiger partial charge in [-0.15, -0.1) is 0 Å². The highest BCUT2D eigenvalue weighted by atomic mass is 35.5. The van der Waals surface area contributed by atoms with Gasteiger partial charge in [0, 0.05) is 21.2 Å². The molecule has 6 nitrogen and oxygen atoms in total. The van der Waals surface area contributed by atoms with Gasteiger partial charge in [-0.25, -0.2) is 9.48 Å². The van der Waals surface area contributed by atoms with Crippen molar-refractivity contribution in [3.05, 3.63) is 68.8 Å². The zero-order valence-electron chi connectivity index (χ0n) is 17.9. The van der Waals surface area contributed by atoms with Crippen molar-refractivity contribution < 1.29 is 14.3 Å². The Balaban J connectivity index is 2.15. The fourth-order valence-corrected chi connectivity index (χ4v) is 3.93. The molecule has 1 atom stereocenters. The molecule has 1 N–H and O–H groups in total. The number of carbonyl (C=O) groups is 2. The second kappa shape index (κ2) is 9.94. The quantitative estimate of drug-likeness (QED) is 0.444. The van der Waals surface area contributed by atoms with Gasteiger partial charge in [0.05, 0.1) is 23.5 Å². The molecule has 0 fully saturated rings. The van der Waals surface area contributed by atoms with Gasteiger partial charge in [-0.1, -0.05) is 60.8 Å². The number of methoxy groups -OCH3 is 1. The molecule has 1 amide bonds. The Kier molecular flexibility index (Phi) is 7.49. The van der Waals surface area contributed by atoms with Crippen LogP contribution >= 0.6 is 34.8 Å². The second-order valence-corrected chi connectivity index (χ2v) is 8.84. The van der Waals surface area contributed by atoms with Crippen LogP contribution in [0.5, 0.6) is 0 Å². The summed E-state index contributed by atoms with van der Waals surface area (Å²) in [6, 6.07) is 11.4. The average molecular weight is 495 g/mol. The molecular formula is C23H22Cl3N3O3. The van der Waals surface area contributed by atoms with Crippen molar-refractivity contribution in [1.29, 1.82) is 0 Å². The lowest BCUT2D eigenvalue weighted by molar-refractivity contribution is -0.144. The first-order valence-electron chi connectivity index (χ1n) is 9.83. The van der Waals surface area contributed by atoms with Crippen molar-refractivity contribution in [1.82, 2.24) is 15.1 Å². The van der Waals surface area contributed by atoms with Gasteiger partial charge in [-0.05, 0) is 43.2 Å². The van der Waals surface area contributed by atoms with E-state index in [9.17, 15) is 9.59 Å². The molecule has 9 heteroatoms. The van der Waals surface area contributed by atoms with Crippen LogP contribution in [0.3, 0.4) is 0 Å². The molecule has 32 heavy (non-hydrogen) atoms. The minimum Gasteiger partial charge on any atom is -0.467 e. The first-order valence-corrected chi connectivity index (χ1v) is 11.0. The molecule has 0 saturated heterocycles. The van der Waals surface area contributed by atoms with Crippen LogP contribution in [-0.2, 0) is 9.53 Å². The number of aromatic nitrogens is 2. The van der Waals surface area contributed by atoms with E-state index in [4.69, 9.17) is 39.5 Å². The average Bonchev–Trinajstić information content (AvgIpc) is 3.08. The van der Waals surface area contributed by atoms with E-state index < -0.39 is 17.9 Å². The van der Waals surface area contributed by atoms with Crippen LogP contribution in [0.1, 0.15) is 29.9 Å². The summed E-state index contributed by atoms with van der Waals surface area (Å²) < 4.78 is 6.42. The molecule has 1 unspecified atom stereocenters. The van der Waals surface area contributed by atoms with E-state index in [0.29, 0.717) is 32.0 Å². The number of carbonyl (C=O) groups excluding carboxylic acids is 2. The van der Waals surface area contributed by atoms with Gasteiger partial charge in [-0.2, -0.15) is 5.10 Å². The molecule has 0 bridgehead atoms. The second-order valence-electron chi connectivity index (χ2n) is 7.55. The summed E-state index contributed by atoms with van der Waals surface area (Å²) in [6.07, 6.45) is 0. The van der Waals surface area contributed by atoms with E-state index in [1.165, 1.54) is 7.11 Å². The third-order valence-electron chi connectivity index (χ3n) is 5.00. The third kappa shape index (κ3) is 4.93. The van der Waals surface area contributed by atoms with Gasteiger partial charge in [0.15, 0.2) is 5.69 Å². The summed E-state index contributed by atoms with van der Waals surface area (Å²) in [5.74, 6) is -1.19. The maximum absolute atomic E-state index is 13.2. The fourth-order valence-electron chi connectivity index (χ4n) is 3.32. The SMILES string of the molecule is COC(=O)C(NC(=O)c1nn(-c2ccc(Cl)cc2Cl)c(-c2ccc(Cl)cc2)c1C)C(C)C. The third-order valence-corrected chi connectivity index (χ3v) is 5.79. The minimum atomic E-state index is -0.810. The Hall–Kier alpha value is -2.54. The number of halogens is 3. The molecule has 0 aliphatic carbocycles. The number of rotatable bonds is 6. The molecule has 0 spiro atoms. The predicted octanol–water partition coefficient (Wildman–Crippen LogP) is 5.74. The molecular weight excluding hydrogens is 473 g/mol. The highest BCUT2D eigenvalue weighted by molar-refractivity contribution is 6.35. The van der Waals surface area contributed by atoms with Crippen molar-refractivity contribution in [3.63, 3.8) is 0 Å². The lowest BCUT2D eigenvalue weighted by Gasteiger charge is -2.19. The monoisotopic (exact) mass is 493 g/mol. The van der Waals surface area contributed by atoms with E-state index in [-0.39, 0.29) is 11.6 Å². The predicted molar refractivity (Wildman–Crippen MR) is 127 cm³/mol. The van der Waals surface area contributed by atoms with Gasteiger partial charge in [0.1, 0.15) is 6.04 Å². The molecule has 2 aromatic carbocycles. The Morgan fingerprint density at radius 3 is 2.22 bits per heavy atom. The highest BCUT2D eigenvalue weighted by Gasteiger charge is 2.29. The van der Waals surface area contributed by atoms with Crippen molar-refractivity contribution in [2.24, 2.45) is 5.92 Å². The number of hydrogen-bond donors (Lipinski definition) is 1. The summed E-state index contributed by atoms with van der Waals surface area (Å²) >= 11 is 18.6. The number of esters is 1. The van der Waals surface area contributed by atoms with Crippen LogP contribution in [0.4, 0.5) is 0 Å². The zero-order chi connectivity index (χ0) is 23.6. The standard InChI is InChI=1S/C23H22Cl3N3O3/c1-12(2)19(23(31)32-4)27-22(30)20-13(3)21(14-5-7-15(24)8-6-14)29(28-20)18-10-9-16(25)11-17(18)26/h5-12,19H,1-4H3,(H,27,30). The molecule has 3 rings (SSSR count). The lowest BCUT2D eigenvalue weighted by atomic mass is 10.0. The molecule has 0 aliphatic heterocycles. The summed E-state index contributed by atoms with van der Waals surface area (Å²) in [5, 5.41) is 8.73. The molecule has 168 valence electrons. The number of amides is 1. The van der Waals surface area contributed by atoms with Gasteiger partial charge in [-0.3, -0.25) is 4.79 Å². The van der Waals surface area contributed by atoms with E-state index in [0.717, 1.165) is 5.56 Å². The van der Waals surface area contributed by atoms with Gasteiger partial charge in [0.25, 0.3) is 5.91 Å². The maximum atomic E-state index is 13.2. The number of nitrogens with zero attached hydrogens (tertiary/aromatic N) is 2. The molecule has 1 heterocycles. The van der Waals surface area contributed by atoms with Crippen molar-refractivity contribution in [3.8, 4) is 16.9 Å². The summed E-state index contributed by atoms with van der Waals surface area (Å²) in [5.41, 5.74) is 2.78. The van der Waals surface area contributed by atoms with Crippen LogP contribution in [-0.4, -0.2) is 34.8 Å². The summed E-state index contributed by atoms with van der Waals surface area (Å²) in [4.78, 5) is 25.3. The van der Waals surface area contributed by atoms with Crippen LogP contribution < -0.4 is 5.32 Å². The van der Waals surface area contributed by atoms with Crippen LogP contribution in [0.25, 0.3) is 16.9 Å². The van der Waals surface area contributed by atoms with Crippen LogP contribution in [0, 0.1) is 12.8 Å². The molecule has 0 saturated carbocycles. The number of benzene rings is 2. The van der Waals surface area contributed by atoms with E-state index in [1.54, 1.807) is 41.9 Å². The zero-order valence-corrected chi connectivity index (χ0v) is 20.2. The Bertz CT molecular complexity index is 1160. The van der Waals surface area contributed by atoms with Crippen LogP contribution in [0.2, 0.25) is 15.1 Å². The maximum Gasteiger partial charge on any atom is 0.328 e. The number of ether oxygens (including phenoxy) is 1. The smallest absolute Gasteiger partial charge is 0.328 e. The normalized spacial score (nSPS) is 12.0. The molecule has 0 aliphatic rings. The van der Waals surface area contributed by atoms with Gasteiger partial charge < -0.3 is 10.1 Å². The first-order chi connectivity index (χ1) is 15.1. The molecule has 0 radical (unpaired) electrons.